The molecule has 0 unspecified atom stereocenters. The van der Waals surface area contributed by atoms with Gasteiger partial charge >= 0.3 is 0 Å². The van der Waals surface area contributed by atoms with Crippen LogP contribution in [0.1, 0.15) is 21.6 Å². The van der Waals surface area contributed by atoms with E-state index in [1.165, 1.54) is 0 Å². The average Bonchev–Trinajstić information content (AvgIpc) is 2.78. The number of halogens is 1. The number of nitrogens with one attached hydrogen (secondary N) is 1. The number of nitrogens with zero attached hydrogens (tertiary/aromatic N) is 2. The van der Waals surface area contributed by atoms with Crippen molar-refractivity contribution in [2.45, 2.75) is 13.5 Å². The number of hydrogen-bond donors (Lipinski definition) is 1. The molecule has 7 heteroatoms. The number of amides is 1. The van der Waals surface area contributed by atoms with Gasteiger partial charge in [-0.3, -0.25) is 9.78 Å². The fraction of sp³-hybridized carbons (Fsp3) is 0.125. The molecule has 4 rings (SSSR count). The summed E-state index contributed by atoms with van der Waals surface area (Å²) in [6.45, 7) is 2.15. The van der Waals surface area contributed by atoms with E-state index in [2.05, 4.69) is 15.3 Å². The first-order valence-electron chi connectivity index (χ1n) is 9.64. The summed E-state index contributed by atoms with van der Waals surface area (Å²) in [6, 6.07) is 18.1. The molecule has 4 aromatic rings. The lowest BCUT2D eigenvalue weighted by molar-refractivity contribution is 0.0950. The minimum Gasteiger partial charge on any atom is -0.497 e. The van der Waals surface area contributed by atoms with E-state index in [4.69, 9.17) is 21.1 Å². The molecule has 0 saturated heterocycles. The summed E-state index contributed by atoms with van der Waals surface area (Å²) in [7, 11) is 1.60. The molecular formula is C24H20ClN3O3. The molecule has 156 valence electrons. The van der Waals surface area contributed by atoms with Gasteiger partial charge in [-0.2, -0.15) is 0 Å². The lowest BCUT2D eigenvalue weighted by Gasteiger charge is -2.10. The van der Waals surface area contributed by atoms with Crippen LogP contribution >= 0.6 is 11.6 Å². The van der Waals surface area contributed by atoms with E-state index in [0.717, 1.165) is 16.5 Å². The second-order valence-corrected chi connectivity index (χ2v) is 7.36. The largest absolute Gasteiger partial charge is 0.497 e. The van der Waals surface area contributed by atoms with Gasteiger partial charge in [-0.25, -0.2) is 4.98 Å². The average molecular weight is 434 g/mol. The molecule has 0 radical (unpaired) electrons. The summed E-state index contributed by atoms with van der Waals surface area (Å²) in [5.74, 6) is 1.59. The molecule has 2 aromatic carbocycles. The quantitative estimate of drug-likeness (QED) is 0.445. The Kier molecular flexibility index (Phi) is 6.00. The second kappa shape index (κ2) is 9.02. The van der Waals surface area contributed by atoms with Crippen LogP contribution in [0.5, 0.6) is 17.4 Å². The number of fused-ring (bicyclic) bond motifs is 1. The van der Waals surface area contributed by atoms with Crippen LogP contribution < -0.4 is 14.8 Å². The summed E-state index contributed by atoms with van der Waals surface area (Å²) >= 11 is 6.06. The number of carbonyl (C=O) groups is 1. The predicted molar refractivity (Wildman–Crippen MR) is 120 cm³/mol. The van der Waals surface area contributed by atoms with Crippen molar-refractivity contribution < 1.29 is 14.3 Å². The van der Waals surface area contributed by atoms with E-state index in [-0.39, 0.29) is 5.91 Å². The monoisotopic (exact) mass is 433 g/mol. The van der Waals surface area contributed by atoms with Gasteiger partial charge in [0.05, 0.1) is 23.9 Å². The van der Waals surface area contributed by atoms with Gasteiger partial charge in [-0.15, -0.1) is 0 Å². The molecule has 1 amide bonds. The Labute approximate surface area is 184 Å². The van der Waals surface area contributed by atoms with Gasteiger partial charge in [-0.05, 0) is 48.9 Å². The minimum absolute atomic E-state index is 0.205. The molecule has 0 aliphatic carbocycles. The smallest absolute Gasteiger partial charge is 0.253 e. The number of aryl methyl sites for hydroxylation is 1. The van der Waals surface area contributed by atoms with Gasteiger partial charge in [-0.1, -0.05) is 23.7 Å². The highest BCUT2D eigenvalue weighted by Gasteiger charge is 2.12. The van der Waals surface area contributed by atoms with Crippen LogP contribution in [0.3, 0.4) is 0 Å². The van der Waals surface area contributed by atoms with Crippen LogP contribution in [0.25, 0.3) is 10.9 Å². The van der Waals surface area contributed by atoms with E-state index >= 15 is 0 Å². The number of rotatable bonds is 6. The molecule has 0 saturated carbocycles. The summed E-state index contributed by atoms with van der Waals surface area (Å²) in [5, 5.41) is 4.34. The third-order valence-corrected chi connectivity index (χ3v) is 4.96. The zero-order valence-electron chi connectivity index (χ0n) is 17.1. The highest BCUT2D eigenvalue weighted by atomic mass is 35.5. The second-order valence-electron chi connectivity index (χ2n) is 6.93. The SMILES string of the molecule is COc1cccc(Oc2ccc(CNC(=O)c3cc4cc(Cl)ccc4nc3C)cn2)c1. The lowest BCUT2D eigenvalue weighted by atomic mass is 10.1. The van der Waals surface area contributed by atoms with E-state index in [9.17, 15) is 4.79 Å². The van der Waals surface area contributed by atoms with Gasteiger partial charge < -0.3 is 14.8 Å². The van der Waals surface area contributed by atoms with Crippen molar-refractivity contribution in [3.05, 3.63) is 88.7 Å². The third-order valence-electron chi connectivity index (χ3n) is 4.73. The molecule has 0 spiro atoms. The maximum absolute atomic E-state index is 12.7. The Balaban J connectivity index is 1.41. The first kappa shape index (κ1) is 20.6. The third kappa shape index (κ3) is 4.92. The summed E-state index contributed by atoms with van der Waals surface area (Å²) in [4.78, 5) is 21.5. The maximum atomic E-state index is 12.7. The lowest BCUT2D eigenvalue weighted by Crippen LogP contribution is -2.24. The highest BCUT2D eigenvalue weighted by molar-refractivity contribution is 6.31. The number of pyridine rings is 2. The Bertz CT molecular complexity index is 1240. The topological polar surface area (TPSA) is 73.3 Å². The Morgan fingerprint density at radius 3 is 2.68 bits per heavy atom. The van der Waals surface area contributed by atoms with Crippen molar-refractivity contribution in [2.24, 2.45) is 0 Å². The van der Waals surface area contributed by atoms with E-state index in [1.54, 1.807) is 37.6 Å². The highest BCUT2D eigenvalue weighted by Crippen LogP contribution is 2.24. The maximum Gasteiger partial charge on any atom is 0.253 e. The molecule has 2 heterocycles. The molecule has 0 bridgehead atoms. The van der Waals surface area contributed by atoms with Gasteiger partial charge in [0.2, 0.25) is 5.88 Å². The molecule has 6 nitrogen and oxygen atoms in total. The normalized spacial score (nSPS) is 10.7. The summed E-state index contributed by atoms with van der Waals surface area (Å²) in [6.07, 6.45) is 1.67. The van der Waals surface area contributed by atoms with E-state index in [1.807, 2.05) is 43.3 Å². The van der Waals surface area contributed by atoms with Crippen LogP contribution in [-0.4, -0.2) is 23.0 Å². The molecule has 0 atom stereocenters. The zero-order chi connectivity index (χ0) is 21.8. The van der Waals surface area contributed by atoms with Gasteiger partial charge in [0.15, 0.2) is 0 Å². The predicted octanol–water partition coefficient (Wildman–Crippen LogP) is 5.32. The molecule has 1 N–H and O–H groups in total. The van der Waals surface area contributed by atoms with E-state index < -0.39 is 0 Å². The van der Waals surface area contributed by atoms with Crippen LogP contribution in [0, 0.1) is 6.92 Å². The molecule has 0 aliphatic heterocycles. The van der Waals surface area contributed by atoms with Crippen molar-refractivity contribution in [1.29, 1.82) is 0 Å². The van der Waals surface area contributed by atoms with Crippen LogP contribution in [0.2, 0.25) is 5.02 Å². The van der Waals surface area contributed by atoms with E-state index in [0.29, 0.717) is 40.2 Å². The molecule has 0 fully saturated rings. The van der Waals surface area contributed by atoms with Crippen molar-refractivity contribution in [3.8, 4) is 17.4 Å². The van der Waals surface area contributed by atoms with Crippen molar-refractivity contribution >= 4 is 28.4 Å². The molecule has 0 aliphatic rings. The fourth-order valence-electron chi connectivity index (χ4n) is 3.11. The first-order chi connectivity index (χ1) is 15.0. The number of benzene rings is 2. The van der Waals surface area contributed by atoms with Gasteiger partial charge in [0.1, 0.15) is 11.5 Å². The standard InChI is InChI=1S/C24H20ClN3O3/c1-15-21(11-17-10-18(25)7-8-22(17)28-15)24(29)27-14-16-6-9-23(26-13-16)31-20-5-3-4-19(12-20)30-2/h3-13H,14H2,1-2H3,(H,27,29). The molecular weight excluding hydrogens is 414 g/mol. The zero-order valence-corrected chi connectivity index (χ0v) is 17.8. The Morgan fingerprint density at radius 1 is 1.06 bits per heavy atom. The number of ether oxygens (including phenoxy) is 2. The number of methoxy groups -OCH3 is 1. The number of carbonyl (C=O) groups excluding carboxylic acids is 1. The van der Waals surface area contributed by atoms with Crippen LogP contribution in [0.4, 0.5) is 0 Å². The Hall–Kier alpha value is -3.64. The fourth-order valence-corrected chi connectivity index (χ4v) is 3.29. The van der Waals surface area contributed by atoms with Crippen molar-refractivity contribution in [3.63, 3.8) is 0 Å². The summed E-state index contributed by atoms with van der Waals surface area (Å²) in [5.41, 5.74) is 2.82. The van der Waals surface area contributed by atoms with Crippen molar-refractivity contribution in [1.82, 2.24) is 15.3 Å². The Morgan fingerprint density at radius 2 is 1.90 bits per heavy atom. The minimum atomic E-state index is -0.205. The van der Waals surface area contributed by atoms with Crippen LogP contribution in [0.15, 0.2) is 66.9 Å². The molecule has 31 heavy (non-hydrogen) atoms. The van der Waals surface area contributed by atoms with Gasteiger partial charge in [0.25, 0.3) is 5.91 Å². The van der Waals surface area contributed by atoms with Gasteiger partial charge in [0, 0.05) is 35.3 Å². The first-order valence-corrected chi connectivity index (χ1v) is 10.0. The van der Waals surface area contributed by atoms with Crippen molar-refractivity contribution in [2.75, 3.05) is 7.11 Å². The number of aromatic nitrogens is 2. The van der Waals surface area contributed by atoms with Crippen LogP contribution in [-0.2, 0) is 6.54 Å². The molecule has 2 aromatic heterocycles. The number of hydrogen-bond acceptors (Lipinski definition) is 5. The summed E-state index contributed by atoms with van der Waals surface area (Å²) < 4.78 is 10.9.